The number of hydrogen-bond donors (Lipinski definition) is 1. The third-order valence-corrected chi connectivity index (χ3v) is 6.21. The molecule has 1 aliphatic rings. The summed E-state index contributed by atoms with van der Waals surface area (Å²) in [6, 6.07) is 7.92. The number of nitrogens with one attached hydrogen (secondary N) is 1. The van der Waals surface area contributed by atoms with Gasteiger partial charge in [0.05, 0.1) is 17.1 Å². The van der Waals surface area contributed by atoms with E-state index in [0.717, 1.165) is 24.5 Å². The van der Waals surface area contributed by atoms with Gasteiger partial charge < -0.3 is 9.42 Å². The minimum absolute atomic E-state index is 0.0469. The summed E-state index contributed by atoms with van der Waals surface area (Å²) in [4.78, 5) is 16.4. The molecule has 1 N–H and O–H groups in total. The number of nitrogens with zero attached hydrogens (tertiary/aromatic N) is 3. The number of hydrogen-bond acceptors (Lipinski definition) is 6. The SMILES string of the molecule is Cc1cc(CN2CCN(C(=O)CCNS(=O)(=O)c3cccc(Cl)c3)CC2)on1. The Morgan fingerprint density at radius 3 is 2.64 bits per heavy atom. The summed E-state index contributed by atoms with van der Waals surface area (Å²) in [6.45, 7) is 5.28. The van der Waals surface area contributed by atoms with E-state index >= 15 is 0 Å². The Hall–Kier alpha value is -1.94. The lowest BCUT2D eigenvalue weighted by atomic mass is 10.2. The maximum absolute atomic E-state index is 12.4. The number of sulfonamides is 1. The molecule has 0 radical (unpaired) electrons. The number of piperazine rings is 1. The molecule has 0 spiro atoms. The first-order valence-corrected chi connectivity index (χ1v) is 10.9. The van der Waals surface area contributed by atoms with Crippen LogP contribution in [0.15, 0.2) is 39.8 Å². The van der Waals surface area contributed by atoms with E-state index in [0.29, 0.717) is 24.7 Å². The van der Waals surface area contributed by atoms with Crippen LogP contribution in [0.4, 0.5) is 0 Å². The van der Waals surface area contributed by atoms with Crippen molar-refractivity contribution in [3.05, 3.63) is 46.8 Å². The maximum Gasteiger partial charge on any atom is 0.240 e. The summed E-state index contributed by atoms with van der Waals surface area (Å²) in [7, 11) is -3.68. The Morgan fingerprint density at radius 2 is 2.00 bits per heavy atom. The number of benzene rings is 1. The molecule has 1 saturated heterocycles. The highest BCUT2D eigenvalue weighted by Gasteiger charge is 2.22. The zero-order valence-electron chi connectivity index (χ0n) is 15.6. The standard InChI is InChI=1S/C18H23ClN4O4S/c1-14-11-16(27-21-14)13-22-7-9-23(10-8-22)18(24)5-6-20-28(25,26)17-4-2-3-15(19)12-17/h2-4,11-12,20H,5-10,13H2,1H3. The van der Waals surface area contributed by atoms with E-state index in [4.69, 9.17) is 16.1 Å². The first-order chi connectivity index (χ1) is 13.3. The van der Waals surface area contributed by atoms with Gasteiger partial charge in [0, 0.05) is 50.2 Å². The molecule has 0 aliphatic carbocycles. The lowest BCUT2D eigenvalue weighted by Gasteiger charge is -2.34. The molecule has 152 valence electrons. The smallest absolute Gasteiger partial charge is 0.240 e. The Balaban J connectivity index is 1.42. The van der Waals surface area contributed by atoms with Gasteiger partial charge in [-0.25, -0.2) is 13.1 Å². The quantitative estimate of drug-likeness (QED) is 0.723. The van der Waals surface area contributed by atoms with Crippen molar-refractivity contribution in [1.29, 1.82) is 0 Å². The molecule has 0 unspecified atom stereocenters. The van der Waals surface area contributed by atoms with Crippen molar-refractivity contribution in [3.63, 3.8) is 0 Å². The zero-order chi connectivity index (χ0) is 20.1. The first kappa shape index (κ1) is 20.8. The van der Waals surface area contributed by atoms with Crippen molar-refractivity contribution in [2.24, 2.45) is 0 Å². The van der Waals surface area contributed by atoms with Gasteiger partial charge in [-0.2, -0.15) is 0 Å². The van der Waals surface area contributed by atoms with Gasteiger partial charge in [0.1, 0.15) is 0 Å². The average molecular weight is 427 g/mol. The van der Waals surface area contributed by atoms with Crippen molar-refractivity contribution in [3.8, 4) is 0 Å². The monoisotopic (exact) mass is 426 g/mol. The molecular formula is C18H23ClN4O4S. The molecule has 0 atom stereocenters. The van der Waals surface area contributed by atoms with E-state index in [-0.39, 0.29) is 23.8 Å². The summed E-state index contributed by atoms with van der Waals surface area (Å²) in [5, 5.41) is 4.22. The van der Waals surface area contributed by atoms with E-state index < -0.39 is 10.0 Å². The number of rotatable bonds is 7. The van der Waals surface area contributed by atoms with Gasteiger partial charge in [-0.3, -0.25) is 9.69 Å². The molecule has 1 aromatic heterocycles. The number of carbonyl (C=O) groups excluding carboxylic acids is 1. The van der Waals surface area contributed by atoms with Gasteiger partial charge in [0.2, 0.25) is 15.9 Å². The van der Waals surface area contributed by atoms with Crippen LogP contribution >= 0.6 is 11.6 Å². The minimum Gasteiger partial charge on any atom is -0.360 e. The fraction of sp³-hybridized carbons (Fsp3) is 0.444. The third-order valence-electron chi connectivity index (χ3n) is 4.52. The number of amides is 1. The van der Waals surface area contributed by atoms with Crippen LogP contribution in [0.3, 0.4) is 0 Å². The highest BCUT2D eigenvalue weighted by Crippen LogP contribution is 2.15. The van der Waals surface area contributed by atoms with E-state index in [2.05, 4.69) is 14.8 Å². The van der Waals surface area contributed by atoms with Crippen LogP contribution in [-0.2, 0) is 21.4 Å². The lowest BCUT2D eigenvalue weighted by Crippen LogP contribution is -2.48. The van der Waals surface area contributed by atoms with Crippen LogP contribution in [0.25, 0.3) is 0 Å². The fourth-order valence-electron chi connectivity index (χ4n) is 3.03. The molecule has 1 aliphatic heterocycles. The molecule has 0 bridgehead atoms. The van der Waals surface area contributed by atoms with Crippen LogP contribution in [0, 0.1) is 6.92 Å². The number of carbonyl (C=O) groups is 1. The molecule has 0 saturated carbocycles. The molecule has 28 heavy (non-hydrogen) atoms. The predicted molar refractivity (Wildman–Crippen MR) is 104 cm³/mol. The molecule has 1 amide bonds. The largest absolute Gasteiger partial charge is 0.360 e. The maximum atomic E-state index is 12.4. The van der Waals surface area contributed by atoms with Crippen LogP contribution in [-0.4, -0.2) is 62.0 Å². The van der Waals surface area contributed by atoms with Gasteiger partial charge in [-0.1, -0.05) is 22.8 Å². The van der Waals surface area contributed by atoms with Crippen LogP contribution in [0.2, 0.25) is 5.02 Å². The molecule has 2 heterocycles. The summed E-state index contributed by atoms with van der Waals surface area (Å²) in [5.41, 5.74) is 0.851. The van der Waals surface area contributed by atoms with E-state index in [1.165, 1.54) is 12.1 Å². The van der Waals surface area contributed by atoms with Crippen molar-refractivity contribution < 1.29 is 17.7 Å². The molecule has 10 heteroatoms. The summed E-state index contributed by atoms with van der Waals surface area (Å²) in [6.07, 6.45) is 0.112. The molecule has 1 aromatic carbocycles. The summed E-state index contributed by atoms with van der Waals surface area (Å²) >= 11 is 5.83. The second-order valence-electron chi connectivity index (χ2n) is 6.70. The predicted octanol–water partition coefficient (Wildman–Crippen LogP) is 1.65. The Bertz CT molecular complexity index is 923. The van der Waals surface area contributed by atoms with Gasteiger partial charge in [-0.05, 0) is 25.1 Å². The molecule has 1 fully saturated rings. The minimum atomic E-state index is -3.68. The van der Waals surface area contributed by atoms with E-state index in [9.17, 15) is 13.2 Å². The number of halogens is 1. The number of aromatic nitrogens is 1. The fourth-order valence-corrected chi connectivity index (χ4v) is 4.37. The number of aryl methyl sites for hydroxylation is 1. The normalized spacial score (nSPS) is 15.7. The first-order valence-electron chi connectivity index (χ1n) is 9.01. The molecule has 2 aromatic rings. The Kier molecular flexibility index (Phi) is 6.71. The lowest BCUT2D eigenvalue weighted by molar-refractivity contribution is -0.132. The van der Waals surface area contributed by atoms with E-state index in [1.54, 1.807) is 17.0 Å². The summed E-state index contributed by atoms with van der Waals surface area (Å²) in [5.74, 6) is 0.747. The Labute approximate surface area is 169 Å². The molecule has 8 nitrogen and oxygen atoms in total. The van der Waals surface area contributed by atoms with Crippen LogP contribution < -0.4 is 4.72 Å². The topological polar surface area (TPSA) is 95.8 Å². The van der Waals surface area contributed by atoms with Gasteiger partial charge in [0.25, 0.3) is 0 Å². The van der Waals surface area contributed by atoms with Crippen molar-refractivity contribution in [2.75, 3.05) is 32.7 Å². The molecule has 3 rings (SSSR count). The molecular weight excluding hydrogens is 404 g/mol. The highest BCUT2D eigenvalue weighted by molar-refractivity contribution is 7.89. The average Bonchev–Trinajstić information content (AvgIpc) is 3.07. The zero-order valence-corrected chi connectivity index (χ0v) is 17.2. The Morgan fingerprint density at radius 1 is 1.25 bits per heavy atom. The van der Waals surface area contributed by atoms with Gasteiger partial charge >= 0.3 is 0 Å². The summed E-state index contributed by atoms with van der Waals surface area (Å²) < 4.78 is 32.2. The second kappa shape index (κ2) is 9.04. The van der Waals surface area contributed by atoms with Crippen molar-refractivity contribution >= 4 is 27.5 Å². The van der Waals surface area contributed by atoms with Crippen LogP contribution in [0.1, 0.15) is 17.9 Å². The third kappa shape index (κ3) is 5.54. The van der Waals surface area contributed by atoms with Crippen molar-refractivity contribution in [2.45, 2.75) is 24.8 Å². The van der Waals surface area contributed by atoms with Crippen LogP contribution in [0.5, 0.6) is 0 Å². The second-order valence-corrected chi connectivity index (χ2v) is 8.90. The highest BCUT2D eigenvalue weighted by atomic mass is 35.5. The van der Waals surface area contributed by atoms with E-state index in [1.807, 2.05) is 13.0 Å². The van der Waals surface area contributed by atoms with Crippen molar-refractivity contribution in [1.82, 2.24) is 19.7 Å². The van der Waals surface area contributed by atoms with Gasteiger partial charge in [0.15, 0.2) is 5.76 Å². The van der Waals surface area contributed by atoms with Gasteiger partial charge in [-0.15, -0.1) is 0 Å².